The molecule has 0 saturated carbocycles. The molecule has 16 rings (SSSR count). The van der Waals surface area contributed by atoms with E-state index < -0.39 is 17.7 Å². The van der Waals surface area contributed by atoms with Crippen molar-refractivity contribution in [3.05, 3.63) is 454 Å². The van der Waals surface area contributed by atoms with Crippen LogP contribution >= 0.6 is 96.3 Å². The number of tetrazole rings is 1. The third-order valence-electron chi connectivity index (χ3n) is 17.5. The lowest BCUT2D eigenvalue weighted by Crippen LogP contribution is -2.10. The highest BCUT2D eigenvalue weighted by molar-refractivity contribution is 9.10. The number of benzene rings is 9. The molecule has 0 aliphatic rings. The number of aromatic nitrogens is 8. The number of thiazole rings is 1. The number of thiophene rings is 2. The Morgan fingerprint density at radius 2 is 0.844 bits per heavy atom. The van der Waals surface area contributed by atoms with E-state index in [0.29, 0.717) is 47.7 Å². The topological polar surface area (TPSA) is 299 Å². The number of pyridine rings is 3. The first-order valence-corrected chi connectivity index (χ1v) is 46.6. The van der Waals surface area contributed by atoms with E-state index >= 15 is 0 Å². The first kappa shape index (κ1) is 119. The highest BCUT2D eigenvalue weighted by Gasteiger charge is 2.29. The van der Waals surface area contributed by atoms with Crippen molar-refractivity contribution < 1.29 is 37.5 Å². The fourth-order valence-electron chi connectivity index (χ4n) is 9.75. The van der Waals surface area contributed by atoms with Crippen molar-refractivity contribution in [3.8, 4) is 10.7 Å². The summed E-state index contributed by atoms with van der Waals surface area (Å²) in [5.41, 5.74) is 39.5. The number of aryl methyl sites for hydroxylation is 17. The van der Waals surface area contributed by atoms with Crippen molar-refractivity contribution in [1.82, 2.24) is 40.6 Å². The fraction of sp³-hybridized carbons (Fsp3) is 0.206. The Kier molecular flexibility index (Phi) is 56.7. The van der Waals surface area contributed by atoms with Crippen molar-refractivity contribution in [2.45, 2.75) is 150 Å². The number of carbonyl (C=O) groups is 4. The number of alkyl halides is 3. The number of anilines is 1. The maximum absolute atomic E-state index is 11.9. The molecule has 0 bridgehead atoms. The first-order chi connectivity index (χ1) is 63.5. The van der Waals surface area contributed by atoms with Crippen LogP contribution in [-0.4, -0.2) is 69.4 Å². The molecule has 9 aromatic carbocycles. The minimum absolute atomic E-state index is 0.285. The van der Waals surface area contributed by atoms with Crippen molar-refractivity contribution in [3.63, 3.8) is 0 Å². The number of amides is 3. The Bertz CT molecular complexity index is 5750. The number of H-pyrrole nitrogens is 1. The van der Waals surface area contributed by atoms with E-state index in [1.807, 2.05) is 216 Å². The molecule has 0 atom stereocenters. The van der Waals surface area contributed by atoms with Gasteiger partial charge in [0.2, 0.25) is 17.6 Å². The van der Waals surface area contributed by atoms with Crippen LogP contribution in [0.15, 0.2) is 309 Å². The van der Waals surface area contributed by atoms with Gasteiger partial charge in [-0.2, -0.15) is 18.4 Å². The molecule has 0 unspecified atom stereocenters. The molecule has 0 aliphatic carbocycles. The molecule has 16 aromatic rings. The molecular formula is C107H120BrCl4F3N12O5S3. The lowest BCUT2D eigenvalue weighted by molar-refractivity contribution is -0.137. The monoisotopic (exact) mass is 2020 g/mol. The van der Waals surface area contributed by atoms with Crippen LogP contribution in [0, 0.1) is 118 Å². The molecule has 0 fully saturated rings. The van der Waals surface area contributed by atoms with E-state index in [1.165, 1.54) is 89.8 Å². The molecule has 28 heteroatoms. The number of hydrogen-bond acceptors (Lipinski definition) is 15. The molecule has 10 N–H and O–H groups in total. The molecule has 17 nitrogen and oxygen atoms in total. The van der Waals surface area contributed by atoms with Crippen LogP contribution in [0.25, 0.3) is 10.7 Å². The largest absolute Gasteiger partial charge is 0.478 e. The van der Waals surface area contributed by atoms with Crippen molar-refractivity contribution >= 4 is 125 Å². The Balaban J connectivity index is 0.000000490. The number of rotatable bonds is 5. The zero-order chi connectivity index (χ0) is 101. The summed E-state index contributed by atoms with van der Waals surface area (Å²) in [5, 5.41) is 25.4. The second kappa shape index (κ2) is 64.5. The minimum Gasteiger partial charge on any atom is -0.478 e. The molecule has 712 valence electrons. The third kappa shape index (κ3) is 55.8. The van der Waals surface area contributed by atoms with Crippen molar-refractivity contribution in [1.29, 1.82) is 0 Å². The van der Waals surface area contributed by atoms with Gasteiger partial charge >= 0.3 is 12.1 Å². The van der Waals surface area contributed by atoms with Gasteiger partial charge in [0.25, 0.3) is 5.91 Å². The van der Waals surface area contributed by atoms with E-state index in [4.69, 9.17) is 74.4 Å². The quantitative estimate of drug-likeness (QED) is 0.0875. The van der Waals surface area contributed by atoms with E-state index in [9.17, 15) is 32.3 Å². The molecule has 7 heterocycles. The van der Waals surface area contributed by atoms with E-state index in [0.717, 1.165) is 69.6 Å². The van der Waals surface area contributed by atoms with Gasteiger partial charge in [-0.15, -0.1) is 44.2 Å². The number of aromatic carboxylic acids is 1. The number of nitrogens with zero attached hydrogens (tertiary/aromatic N) is 7. The van der Waals surface area contributed by atoms with Crippen molar-refractivity contribution in [2.24, 2.45) is 17.2 Å². The van der Waals surface area contributed by atoms with E-state index in [-0.39, 0.29) is 23.1 Å². The number of carbonyl (C=O) groups excluding carboxylic acids is 3. The average molecular weight is 2030 g/mol. The highest BCUT2D eigenvalue weighted by atomic mass is 79.9. The summed E-state index contributed by atoms with van der Waals surface area (Å²) in [6, 6.07) is 82.3. The number of halogens is 8. The second-order valence-electron chi connectivity index (χ2n) is 31.1. The van der Waals surface area contributed by atoms with Gasteiger partial charge in [0, 0.05) is 72.4 Å². The van der Waals surface area contributed by atoms with Crippen LogP contribution in [0.4, 0.5) is 18.3 Å². The molecule has 3 amide bonds. The summed E-state index contributed by atoms with van der Waals surface area (Å²) >= 11 is 30.5. The van der Waals surface area contributed by atoms with Crippen LogP contribution in [-0.2, 0) is 11.6 Å². The van der Waals surface area contributed by atoms with Crippen LogP contribution in [0.5, 0.6) is 0 Å². The zero-order valence-corrected chi connectivity index (χ0v) is 86.7. The number of nitrogen functional groups attached to an aromatic ring is 1. The Labute approximate surface area is 834 Å². The van der Waals surface area contributed by atoms with Gasteiger partial charge in [-0.05, 0) is 301 Å². The van der Waals surface area contributed by atoms with Gasteiger partial charge < -0.3 is 28.0 Å². The first-order valence-electron chi connectivity index (χ1n) is 41.8. The van der Waals surface area contributed by atoms with Gasteiger partial charge in [-0.25, -0.2) is 14.8 Å². The summed E-state index contributed by atoms with van der Waals surface area (Å²) in [6.07, 6.45) is 6.40. The Morgan fingerprint density at radius 3 is 1.16 bits per heavy atom. The average Bonchev–Trinajstić information content (AvgIpc) is 1.10. The van der Waals surface area contributed by atoms with E-state index in [1.54, 1.807) is 104 Å². The molecule has 0 aliphatic heterocycles. The normalized spacial score (nSPS) is 9.75. The van der Waals surface area contributed by atoms with Crippen LogP contribution < -0.4 is 22.9 Å². The standard InChI is InChI=1S/C11H16.C9H12.C8H7F3.2C8H9NO.C8H8O2.C7H7Br.C7H6Cl2.C7H7Cl.C6H6ClN.C6H6N4S.C6H7NOS.2C6H7N.C4H6N2S/c1-9-5-7-10(8-6-9)11(2,3)4;1-7-4-5-8(2)9(3)6-7;1-6-2-4-7(5-3-6)8(9,10)11;1-6-2-4-7(5-3-6)8(9)10;2*1-6-3-2-4-7(5-6)8(9)10;1-6-2-4-7(8)5-3-6;1-5-2-3-6(8)7(9)4-5;1-6-2-4-7(8)5-3-6;1-5-3-2-4-8-6(5)7;1-4-2-3-5(11-4)6-7-9-10-8-6;1-4-2-3-5(9-4)6(7)8;1-6-2-4-7-5-3-6;1-6-3-2-4-7-5-6;1-3-2-6-4(5)7-3/h5-8H,1-4H3;4-6H,1-3H3;2-5H,1H3;2*2-5H,1H3,(H2,9,10);2-5H,1H3,(H,9,10);2-5H,1H3;2-4H,1H3;2-5H,1H3;2-4H,1H3;2-3H,1H3,(H,7,8,9,10);2-3H,1H3,(H2,7,8);2*2-5H,1H3;2H,1H3,(H2,5,6). The summed E-state index contributed by atoms with van der Waals surface area (Å²) in [5.74, 6) is -1.29. The number of carboxylic acid groups (broad SMARTS) is 1. The molecular weight excluding hydrogens is 1910 g/mol. The molecule has 0 radical (unpaired) electrons. The van der Waals surface area contributed by atoms with Crippen molar-refractivity contribution in [2.75, 3.05) is 5.73 Å². The summed E-state index contributed by atoms with van der Waals surface area (Å²) < 4.78 is 36.9. The number of aromatic amines is 1. The summed E-state index contributed by atoms with van der Waals surface area (Å²) in [6.45, 7) is 40.8. The molecule has 0 saturated heterocycles. The van der Waals surface area contributed by atoms with Gasteiger partial charge in [-0.3, -0.25) is 24.4 Å². The van der Waals surface area contributed by atoms with Crippen LogP contribution in [0.2, 0.25) is 20.2 Å². The maximum atomic E-state index is 11.9. The van der Waals surface area contributed by atoms with E-state index in [2.05, 4.69) is 166 Å². The minimum atomic E-state index is -4.21. The maximum Gasteiger partial charge on any atom is 0.416 e. The predicted octanol–water partition coefficient (Wildman–Crippen LogP) is 29.8. The number of hydrogen-bond donors (Lipinski definition) is 6. The number of nitrogens with one attached hydrogen (secondary N) is 1. The third-order valence-corrected chi connectivity index (χ3v) is 22.2. The molecule has 135 heavy (non-hydrogen) atoms. The SMILES string of the molecule is Cc1ccc(-c2nn[nH]n2)s1.Cc1ccc(Br)cc1.Cc1ccc(C(C)(C)C)cc1.Cc1ccc(C(F)(F)F)cc1.Cc1ccc(C(N)=O)cc1.Cc1ccc(C(N)=O)s1.Cc1ccc(C)c(C)c1.Cc1ccc(Cl)c(Cl)c1.Cc1ccc(Cl)cc1.Cc1cccc(C(=O)O)c1.Cc1cccc(C(N)=O)c1.Cc1cccnc1.Cc1cccnc1Cl.Cc1ccncc1.Cc1cnc(N)s1. The lowest BCUT2D eigenvalue weighted by atomic mass is 9.87. The zero-order valence-electron chi connectivity index (χ0n) is 79.6. The van der Waals surface area contributed by atoms with Gasteiger partial charge in [0.1, 0.15) is 5.15 Å². The lowest BCUT2D eigenvalue weighted by Gasteiger charge is -2.18. The Hall–Kier alpha value is -12.4. The summed E-state index contributed by atoms with van der Waals surface area (Å²) in [4.78, 5) is 62.5. The van der Waals surface area contributed by atoms with Gasteiger partial charge in [0.15, 0.2) is 5.13 Å². The molecule has 0 spiro atoms. The number of carboxylic acids is 1. The fourth-order valence-corrected chi connectivity index (χ4v) is 12.7. The Morgan fingerprint density at radius 1 is 0.385 bits per heavy atom. The van der Waals surface area contributed by atoms with Gasteiger partial charge in [0.05, 0.1) is 30.9 Å². The predicted molar refractivity (Wildman–Crippen MR) is 564 cm³/mol. The van der Waals surface area contributed by atoms with Gasteiger partial charge in [-0.1, -0.05) is 261 Å². The number of primary amides is 3. The molecule has 7 aromatic heterocycles. The summed E-state index contributed by atoms with van der Waals surface area (Å²) in [7, 11) is 0. The highest BCUT2D eigenvalue weighted by Crippen LogP contribution is 2.30. The smallest absolute Gasteiger partial charge is 0.416 e. The second-order valence-corrected chi connectivity index (χ2v) is 37.5. The van der Waals surface area contributed by atoms with Crippen LogP contribution in [0.3, 0.4) is 0 Å². The van der Waals surface area contributed by atoms with Crippen LogP contribution in [0.1, 0.15) is 165 Å². The number of nitrogens with two attached hydrogens (primary N) is 4.